The van der Waals surface area contributed by atoms with Gasteiger partial charge >= 0.3 is 0 Å². The van der Waals surface area contributed by atoms with Gasteiger partial charge in [-0.25, -0.2) is 0 Å². The molecule has 2 aromatic carbocycles. The first-order chi connectivity index (χ1) is 11.1. The van der Waals surface area contributed by atoms with E-state index in [0.717, 1.165) is 29.5 Å². The van der Waals surface area contributed by atoms with Gasteiger partial charge in [0.15, 0.2) is 0 Å². The van der Waals surface area contributed by atoms with E-state index in [9.17, 15) is 4.79 Å². The number of nitrogens with two attached hydrogens (primary N) is 1. The largest absolute Gasteiger partial charge is 0.398 e. The van der Waals surface area contributed by atoms with E-state index in [-0.39, 0.29) is 6.04 Å². The van der Waals surface area contributed by atoms with Crippen LogP contribution in [0.2, 0.25) is 10.0 Å². The van der Waals surface area contributed by atoms with Gasteiger partial charge in [-0.3, -0.25) is 4.79 Å². The van der Waals surface area contributed by atoms with Crippen LogP contribution in [0.4, 0.5) is 5.69 Å². The van der Waals surface area contributed by atoms with Crippen molar-refractivity contribution in [2.24, 2.45) is 0 Å². The smallest absolute Gasteiger partial charge is 0.210 e. The molecule has 0 saturated carbocycles. The number of anilines is 1. The minimum Gasteiger partial charge on any atom is -0.398 e. The third-order valence-corrected chi connectivity index (χ3v) is 4.55. The SMILES string of the molecule is Nc1ccc(Cl)cc1C1=CC(c2ccc(Cl)cc2)N(C=O)CC1. The van der Waals surface area contributed by atoms with Crippen LogP contribution < -0.4 is 5.73 Å². The molecule has 1 aliphatic heterocycles. The highest BCUT2D eigenvalue weighted by atomic mass is 35.5. The molecule has 23 heavy (non-hydrogen) atoms. The fourth-order valence-electron chi connectivity index (χ4n) is 2.86. The van der Waals surface area contributed by atoms with Crippen molar-refractivity contribution in [3.8, 4) is 0 Å². The maximum Gasteiger partial charge on any atom is 0.210 e. The molecule has 5 heteroatoms. The molecular formula is C18H16Cl2N2O. The third-order valence-electron chi connectivity index (χ3n) is 4.06. The zero-order valence-electron chi connectivity index (χ0n) is 12.4. The number of benzene rings is 2. The summed E-state index contributed by atoms with van der Waals surface area (Å²) in [5.74, 6) is 0. The Kier molecular flexibility index (Phi) is 4.60. The molecule has 0 saturated heterocycles. The molecule has 3 nitrogen and oxygen atoms in total. The summed E-state index contributed by atoms with van der Waals surface area (Å²) in [6.45, 7) is 0.634. The van der Waals surface area contributed by atoms with Gasteiger partial charge in [0.2, 0.25) is 6.41 Å². The van der Waals surface area contributed by atoms with Crippen LogP contribution in [0.1, 0.15) is 23.6 Å². The molecule has 3 rings (SSSR count). The van der Waals surface area contributed by atoms with Crippen LogP contribution in [0, 0.1) is 0 Å². The predicted molar refractivity (Wildman–Crippen MR) is 95.4 cm³/mol. The third kappa shape index (κ3) is 3.36. The van der Waals surface area contributed by atoms with Crippen LogP contribution in [0.5, 0.6) is 0 Å². The minimum atomic E-state index is -0.133. The zero-order chi connectivity index (χ0) is 16.4. The molecule has 1 aliphatic rings. The van der Waals surface area contributed by atoms with Crippen molar-refractivity contribution in [3.63, 3.8) is 0 Å². The van der Waals surface area contributed by atoms with Crippen LogP contribution in [0.3, 0.4) is 0 Å². The highest BCUT2D eigenvalue weighted by Gasteiger charge is 2.23. The van der Waals surface area contributed by atoms with Gasteiger partial charge in [-0.05, 0) is 47.9 Å². The Bertz CT molecular complexity index is 756. The lowest BCUT2D eigenvalue weighted by atomic mass is 9.92. The number of nitrogens with zero attached hydrogens (tertiary/aromatic N) is 1. The normalized spacial score (nSPS) is 17.7. The molecule has 118 valence electrons. The van der Waals surface area contributed by atoms with Crippen molar-refractivity contribution in [1.82, 2.24) is 4.90 Å². The Balaban J connectivity index is 2.03. The number of hydrogen-bond donors (Lipinski definition) is 1. The van der Waals surface area contributed by atoms with Crippen LogP contribution in [0.15, 0.2) is 48.5 Å². The molecule has 0 aliphatic carbocycles. The second kappa shape index (κ2) is 6.65. The Hall–Kier alpha value is -1.97. The van der Waals surface area contributed by atoms with Crippen LogP contribution in [0.25, 0.3) is 5.57 Å². The van der Waals surface area contributed by atoms with Crippen LogP contribution in [-0.4, -0.2) is 17.9 Å². The summed E-state index contributed by atoms with van der Waals surface area (Å²) >= 11 is 12.1. The summed E-state index contributed by atoms with van der Waals surface area (Å²) in [5, 5.41) is 1.32. The van der Waals surface area contributed by atoms with E-state index in [2.05, 4.69) is 6.08 Å². The van der Waals surface area contributed by atoms with E-state index in [1.54, 1.807) is 11.0 Å². The van der Waals surface area contributed by atoms with Crippen molar-refractivity contribution in [2.75, 3.05) is 12.3 Å². The highest BCUT2D eigenvalue weighted by Crippen LogP contribution is 2.36. The average Bonchev–Trinajstić information content (AvgIpc) is 2.57. The Morgan fingerprint density at radius 1 is 1.09 bits per heavy atom. The van der Waals surface area contributed by atoms with Gasteiger partial charge in [0.1, 0.15) is 0 Å². The van der Waals surface area contributed by atoms with Crippen molar-refractivity contribution in [1.29, 1.82) is 0 Å². The number of carbonyl (C=O) groups is 1. The van der Waals surface area contributed by atoms with Crippen molar-refractivity contribution in [2.45, 2.75) is 12.5 Å². The van der Waals surface area contributed by atoms with E-state index in [4.69, 9.17) is 28.9 Å². The Morgan fingerprint density at radius 2 is 1.78 bits per heavy atom. The summed E-state index contributed by atoms with van der Waals surface area (Å²) in [4.78, 5) is 13.2. The van der Waals surface area contributed by atoms with Gasteiger partial charge in [-0.2, -0.15) is 0 Å². The lowest BCUT2D eigenvalue weighted by Gasteiger charge is -2.32. The van der Waals surface area contributed by atoms with Gasteiger partial charge in [-0.1, -0.05) is 41.4 Å². The maximum absolute atomic E-state index is 11.4. The molecule has 1 amide bonds. The highest BCUT2D eigenvalue weighted by molar-refractivity contribution is 6.31. The first-order valence-electron chi connectivity index (χ1n) is 7.31. The quantitative estimate of drug-likeness (QED) is 0.653. The molecule has 0 radical (unpaired) electrons. The number of nitrogen functional groups attached to an aromatic ring is 1. The number of carbonyl (C=O) groups excluding carboxylic acids is 1. The molecule has 0 spiro atoms. The lowest BCUT2D eigenvalue weighted by molar-refractivity contribution is -0.119. The molecule has 1 heterocycles. The number of hydrogen-bond acceptors (Lipinski definition) is 2. The molecule has 2 aromatic rings. The second-order valence-electron chi connectivity index (χ2n) is 5.51. The Labute approximate surface area is 145 Å². The molecule has 1 atom stereocenters. The topological polar surface area (TPSA) is 46.3 Å². The van der Waals surface area contributed by atoms with Gasteiger partial charge < -0.3 is 10.6 Å². The molecule has 2 N–H and O–H groups in total. The van der Waals surface area contributed by atoms with Crippen molar-refractivity contribution >= 4 is 40.9 Å². The summed E-state index contributed by atoms with van der Waals surface area (Å²) < 4.78 is 0. The molecule has 1 unspecified atom stereocenters. The van der Waals surface area contributed by atoms with E-state index >= 15 is 0 Å². The van der Waals surface area contributed by atoms with Gasteiger partial charge in [0.05, 0.1) is 6.04 Å². The number of rotatable bonds is 3. The van der Waals surface area contributed by atoms with Crippen molar-refractivity contribution < 1.29 is 4.79 Å². The van der Waals surface area contributed by atoms with E-state index in [0.29, 0.717) is 22.3 Å². The second-order valence-corrected chi connectivity index (χ2v) is 6.39. The first kappa shape index (κ1) is 15.9. The number of halogens is 2. The Morgan fingerprint density at radius 3 is 2.48 bits per heavy atom. The summed E-state index contributed by atoms with van der Waals surface area (Å²) in [7, 11) is 0. The van der Waals surface area contributed by atoms with Gasteiger partial charge in [0.25, 0.3) is 0 Å². The van der Waals surface area contributed by atoms with E-state index in [1.807, 2.05) is 36.4 Å². The van der Waals surface area contributed by atoms with Crippen LogP contribution >= 0.6 is 23.2 Å². The average molecular weight is 347 g/mol. The van der Waals surface area contributed by atoms with Gasteiger partial charge in [-0.15, -0.1) is 0 Å². The molecule has 0 bridgehead atoms. The van der Waals surface area contributed by atoms with Crippen LogP contribution in [-0.2, 0) is 4.79 Å². The summed E-state index contributed by atoms with van der Waals surface area (Å²) in [6, 6.07) is 12.9. The fourth-order valence-corrected chi connectivity index (χ4v) is 3.15. The minimum absolute atomic E-state index is 0.133. The zero-order valence-corrected chi connectivity index (χ0v) is 13.9. The summed E-state index contributed by atoms with van der Waals surface area (Å²) in [6.07, 6.45) is 3.70. The number of amides is 1. The van der Waals surface area contributed by atoms with Gasteiger partial charge in [0, 0.05) is 27.8 Å². The standard InChI is InChI=1S/C18H16Cl2N2O/c19-14-3-1-12(2-4-14)18-9-13(7-8-22(18)11-23)16-10-15(20)5-6-17(16)21/h1-6,9-11,18H,7-8,21H2. The summed E-state index contributed by atoms with van der Waals surface area (Å²) in [5.41, 5.74) is 9.83. The molecule has 0 aromatic heterocycles. The van der Waals surface area contributed by atoms with E-state index < -0.39 is 0 Å². The maximum atomic E-state index is 11.4. The first-order valence-corrected chi connectivity index (χ1v) is 8.06. The lowest BCUT2D eigenvalue weighted by Crippen LogP contribution is -2.30. The fraction of sp³-hybridized carbons (Fsp3) is 0.167. The predicted octanol–water partition coefficient (Wildman–Crippen LogP) is 4.56. The molecular weight excluding hydrogens is 331 g/mol. The van der Waals surface area contributed by atoms with Crippen molar-refractivity contribution in [3.05, 3.63) is 69.7 Å². The molecule has 0 fully saturated rings. The van der Waals surface area contributed by atoms with E-state index in [1.165, 1.54) is 0 Å². The monoisotopic (exact) mass is 346 g/mol.